The molecule has 0 spiro atoms. The number of anilines is 2. The Hall–Kier alpha value is -3.46. The van der Waals surface area contributed by atoms with Crippen molar-refractivity contribution in [2.75, 3.05) is 42.9 Å². The number of hydrogen-bond donors (Lipinski definition) is 1. The van der Waals surface area contributed by atoms with Crippen molar-refractivity contribution in [3.8, 4) is 5.69 Å². The minimum absolute atomic E-state index is 0.0947. The normalized spacial score (nSPS) is 14.0. The predicted octanol–water partition coefficient (Wildman–Crippen LogP) is 3.34. The Bertz CT molecular complexity index is 1220. The van der Waals surface area contributed by atoms with E-state index in [9.17, 15) is 4.79 Å². The van der Waals surface area contributed by atoms with Crippen molar-refractivity contribution in [3.63, 3.8) is 0 Å². The van der Waals surface area contributed by atoms with E-state index in [-0.39, 0.29) is 12.5 Å². The largest absolute Gasteiger partial charge is 0.376 e. The van der Waals surface area contributed by atoms with E-state index in [0.29, 0.717) is 26.2 Å². The lowest BCUT2D eigenvalue weighted by molar-refractivity contribution is -0.129. The first kappa shape index (κ1) is 20.4. The Morgan fingerprint density at radius 3 is 2.47 bits per heavy atom. The summed E-state index contributed by atoms with van der Waals surface area (Å²) in [6, 6.07) is 17.7. The summed E-state index contributed by atoms with van der Waals surface area (Å²) in [7, 11) is 0. The van der Waals surface area contributed by atoms with E-state index in [1.54, 1.807) is 6.33 Å². The van der Waals surface area contributed by atoms with Gasteiger partial charge in [0.05, 0.1) is 23.8 Å². The Balaban J connectivity index is 1.25. The summed E-state index contributed by atoms with van der Waals surface area (Å²) in [5, 5.41) is 8.64. The zero-order chi connectivity index (χ0) is 21.9. The third-order valence-electron chi connectivity index (χ3n) is 5.57. The number of halogens is 1. The fourth-order valence-electron chi connectivity index (χ4n) is 3.87. The van der Waals surface area contributed by atoms with Gasteiger partial charge in [-0.15, -0.1) is 0 Å². The van der Waals surface area contributed by atoms with E-state index in [1.165, 1.54) is 0 Å². The second kappa shape index (κ2) is 8.96. The van der Waals surface area contributed by atoms with Crippen molar-refractivity contribution in [1.82, 2.24) is 24.6 Å². The van der Waals surface area contributed by atoms with Gasteiger partial charge in [0.1, 0.15) is 12.1 Å². The Morgan fingerprint density at radius 1 is 0.969 bits per heavy atom. The molecule has 0 bridgehead atoms. The van der Waals surface area contributed by atoms with Crippen LogP contribution in [0.15, 0.2) is 71.6 Å². The highest BCUT2D eigenvalue weighted by Gasteiger charge is 2.24. The summed E-state index contributed by atoms with van der Waals surface area (Å²) in [6.07, 6.45) is 3.40. The third-order valence-corrected chi connectivity index (χ3v) is 6.09. The van der Waals surface area contributed by atoms with Crippen LogP contribution >= 0.6 is 15.9 Å². The molecule has 5 rings (SSSR count). The van der Waals surface area contributed by atoms with Gasteiger partial charge < -0.3 is 15.1 Å². The third kappa shape index (κ3) is 4.16. The number of piperazine rings is 1. The number of rotatable bonds is 5. The maximum Gasteiger partial charge on any atom is 0.241 e. The molecule has 0 radical (unpaired) electrons. The van der Waals surface area contributed by atoms with Crippen LogP contribution in [-0.2, 0) is 4.79 Å². The average molecular weight is 492 g/mol. The van der Waals surface area contributed by atoms with Crippen molar-refractivity contribution in [2.24, 2.45) is 0 Å². The van der Waals surface area contributed by atoms with Gasteiger partial charge >= 0.3 is 0 Å². The average Bonchev–Trinajstić information content (AvgIpc) is 3.28. The number of fused-ring (bicyclic) bond motifs is 1. The van der Waals surface area contributed by atoms with Gasteiger partial charge in [-0.1, -0.05) is 34.1 Å². The Labute approximate surface area is 194 Å². The molecule has 1 aliphatic rings. The Morgan fingerprint density at radius 2 is 1.72 bits per heavy atom. The van der Waals surface area contributed by atoms with Crippen molar-refractivity contribution in [1.29, 1.82) is 0 Å². The molecule has 0 saturated carbocycles. The second-order valence-corrected chi connectivity index (χ2v) is 8.47. The predicted molar refractivity (Wildman–Crippen MR) is 128 cm³/mol. The van der Waals surface area contributed by atoms with E-state index in [0.717, 1.165) is 32.7 Å². The van der Waals surface area contributed by atoms with Gasteiger partial charge in [0, 0.05) is 36.3 Å². The molecule has 3 heterocycles. The van der Waals surface area contributed by atoms with Crippen LogP contribution in [0.2, 0.25) is 0 Å². The molecule has 0 unspecified atom stereocenters. The molecule has 32 heavy (non-hydrogen) atoms. The quantitative estimate of drug-likeness (QED) is 0.461. The molecule has 1 N–H and O–H groups in total. The minimum atomic E-state index is 0.0947. The van der Waals surface area contributed by atoms with Crippen LogP contribution in [0.3, 0.4) is 0 Å². The molecule has 1 fully saturated rings. The maximum atomic E-state index is 12.7. The summed E-state index contributed by atoms with van der Waals surface area (Å²) >= 11 is 3.42. The van der Waals surface area contributed by atoms with Crippen LogP contribution in [0.1, 0.15) is 0 Å². The highest BCUT2D eigenvalue weighted by atomic mass is 79.9. The highest BCUT2D eigenvalue weighted by molar-refractivity contribution is 9.10. The lowest BCUT2D eigenvalue weighted by Gasteiger charge is -2.35. The SMILES string of the molecule is O=C(CNc1ccc(Br)cc1)N1CCN(c2ncnc3c2cnn3-c2ccccc2)CC1. The van der Waals surface area contributed by atoms with Gasteiger partial charge in [-0.2, -0.15) is 5.10 Å². The zero-order valence-corrected chi connectivity index (χ0v) is 18.9. The van der Waals surface area contributed by atoms with E-state index in [2.05, 4.69) is 41.2 Å². The van der Waals surface area contributed by atoms with Crippen LogP contribution < -0.4 is 10.2 Å². The molecule has 1 saturated heterocycles. The molecule has 162 valence electrons. The van der Waals surface area contributed by atoms with Gasteiger partial charge in [-0.25, -0.2) is 14.6 Å². The molecule has 4 aromatic rings. The number of hydrogen-bond acceptors (Lipinski definition) is 6. The van der Waals surface area contributed by atoms with Crippen LogP contribution in [-0.4, -0.2) is 63.3 Å². The maximum absolute atomic E-state index is 12.7. The van der Waals surface area contributed by atoms with Gasteiger partial charge in [0.2, 0.25) is 5.91 Å². The van der Waals surface area contributed by atoms with Crippen molar-refractivity contribution in [2.45, 2.75) is 0 Å². The number of benzene rings is 2. The van der Waals surface area contributed by atoms with Crippen LogP contribution in [0.5, 0.6) is 0 Å². The number of aromatic nitrogens is 4. The summed E-state index contributed by atoms with van der Waals surface area (Å²) < 4.78 is 2.84. The topological polar surface area (TPSA) is 79.2 Å². The first-order chi connectivity index (χ1) is 15.7. The number of carbonyl (C=O) groups is 1. The van der Waals surface area contributed by atoms with Crippen LogP contribution in [0.25, 0.3) is 16.7 Å². The van der Waals surface area contributed by atoms with Gasteiger partial charge in [0.15, 0.2) is 5.65 Å². The fourth-order valence-corrected chi connectivity index (χ4v) is 4.13. The molecule has 1 amide bonds. The van der Waals surface area contributed by atoms with Crippen LogP contribution in [0.4, 0.5) is 11.5 Å². The molecule has 1 aliphatic heterocycles. The van der Waals surface area contributed by atoms with Crippen molar-refractivity contribution >= 4 is 44.4 Å². The number of nitrogens with one attached hydrogen (secondary N) is 1. The minimum Gasteiger partial charge on any atom is -0.376 e. The lowest BCUT2D eigenvalue weighted by atomic mass is 10.2. The number of para-hydroxylation sites is 1. The molecule has 0 atom stereocenters. The number of nitrogens with zero attached hydrogens (tertiary/aromatic N) is 6. The summed E-state index contributed by atoms with van der Waals surface area (Å²) in [4.78, 5) is 25.7. The van der Waals surface area contributed by atoms with E-state index in [4.69, 9.17) is 0 Å². The highest BCUT2D eigenvalue weighted by Crippen LogP contribution is 2.25. The first-order valence-electron chi connectivity index (χ1n) is 10.5. The van der Waals surface area contributed by atoms with E-state index in [1.807, 2.05) is 70.4 Å². The zero-order valence-electron chi connectivity index (χ0n) is 17.4. The molecular formula is C23H22BrN7O. The van der Waals surface area contributed by atoms with Gasteiger partial charge in [-0.05, 0) is 36.4 Å². The molecule has 2 aromatic carbocycles. The first-order valence-corrected chi connectivity index (χ1v) is 11.2. The monoisotopic (exact) mass is 491 g/mol. The summed E-state index contributed by atoms with van der Waals surface area (Å²) in [5.41, 5.74) is 2.67. The Kier molecular flexibility index (Phi) is 5.72. The molecule has 9 heteroatoms. The smallest absolute Gasteiger partial charge is 0.241 e. The van der Waals surface area contributed by atoms with Crippen LogP contribution in [0, 0.1) is 0 Å². The lowest BCUT2D eigenvalue weighted by Crippen LogP contribution is -2.50. The molecule has 2 aromatic heterocycles. The second-order valence-electron chi connectivity index (χ2n) is 7.55. The summed E-state index contributed by atoms with van der Waals surface area (Å²) in [6.45, 7) is 3.01. The molecular weight excluding hydrogens is 470 g/mol. The van der Waals surface area contributed by atoms with Gasteiger partial charge in [0.25, 0.3) is 0 Å². The molecule has 0 aliphatic carbocycles. The van der Waals surface area contributed by atoms with Crippen molar-refractivity contribution in [3.05, 3.63) is 71.6 Å². The van der Waals surface area contributed by atoms with Gasteiger partial charge in [-0.3, -0.25) is 4.79 Å². The van der Waals surface area contributed by atoms with E-state index >= 15 is 0 Å². The number of carbonyl (C=O) groups excluding carboxylic acids is 1. The summed E-state index contributed by atoms with van der Waals surface area (Å²) in [5.74, 6) is 0.953. The molecule has 8 nitrogen and oxygen atoms in total. The van der Waals surface area contributed by atoms with E-state index < -0.39 is 0 Å². The fraction of sp³-hybridized carbons (Fsp3) is 0.217. The van der Waals surface area contributed by atoms with Crippen molar-refractivity contribution < 1.29 is 4.79 Å². The standard InChI is InChI=1S/C23H22BrN7O/c24-17-6-8-18(9-7-17)25-15-21(32)29-10-12-30(13-11-29)22-20-14-28-31(23(20)27-16-26-22)19-4-2-1-3-5-19/h1-9,14,16,25H,10-13,15H2. The number of amides is 1.